The van der Waals surface area contributed by atoms with E-state index in [2.05, 4.69) is 4.98 Å². The molecule has 1 aromatic rings. The quantitative estimate of drug-likeness (QED) is 0.668. The Morgan fingerprint density at radius 3 is 2.79 bits per heavy atom. The summed E-state index contributed by atoms with van der Waals surface area (Å²) in [7, 11) is 4.40. The number of hydrogen-bond donors (Lipinski definition) is 0. The molecule has 1 rings (SSSR count). The molecule has 0 fully saturated rings. The molecule has 5 nitrogen and oxygen atoms in total. The third-order valence-electron chi connectivity index (χ3n) is 1.75. The number of nitrogens with zero attached hydrogens (tertiary/aromatic N) is 2. The van der Waals surface area contributed by atoms with Crippen molar-refractivity contribution in [1.82, 2.24) is 10.0 Å². The monoisotopic (exact) mass is 196 g/mol. The first-order valence-electron chi connectivity index (χ1n) is 4.02. The van der Waals surface area contributed by atoms with Crippen molar-refractivity contribution in [3.05, 3.63) is 23.9 Å². The molecule has 0 bridgehead atoms. The second-order valence-corrected chi connectivity index (χ2v) is 2.55. The summed E-state index contributed by atoms with van der Waals surface area (Å²) in [4.78, 5) is 20.3. The average molecular weight is 196 g/mol. The van der Waals surface area contributed by atoms with Crippen molar-refractivity contribution in [2.45, 2.75) is 0 Å². The molecular formula is C9H12N2O3. The van der Waals surface area contributed by atoms with E-state index in [1.165, 1.54) is 21.3 Å². The number of hydrogen-bond acceptors (Lipinski definition) is 4. The molecule has 0 unspecified atom stereocenters. The number of ether oxygens (including phenoxy) is 1. The summed E-state index contributed by atoms with van der Waals surface area (Å²) >= 11 is 0. The highest BCUT2D eigenvalue weighted by Gasteiger charge is 2.16. The maximum atomic E-state index is 11.6. The minimum absolute atomic E-state index is 0.293. The highest BCUT2D eigenvalue weighted by atomic mass is 16.7. The van der Waals surface area contributed by atoms with Crippen LogP contribution in [0.15, 0.2) is 18.3 Å². The van der Waals surface area contributed by atoms with Gasteiger partial charge in [0, 0.05) is 13.2 Å². The van der Waals surface area contributed by atoms with Crippen molar-refractivity contribution in [2.75, 3.05) is 21.3 Å². The average Bonchev–Trinajstić information content (AvgIpc) is 2.26. The summed E-state index contributed by atoms with van der Waals surface area (Å²) in [5.74, 6) is -0.00106. The van der Waals surface area contributed by atoms with Gasteiger partial charge < -0.3 is 4.74 Å². The second kappa shape index (κ2) is 4.57. The summed E-state index contributed by atoms with van der Waals surface area (Å²) < 4.78 is 4.95. The molecule has 1 heterocycles. The van der Waals surface area contributed by atoms with E-state index in [1.54, 1.807) is 18.3 Å². The van der Waals surface area contributed by atoms with Gasteiger partial charge in [0.15, 0.2) is 0 Å². The van der Waals surface area contributed by atoms with Crippen LogP contribution in [0.5, 0.6) is 5.88 Å². The van der Waals surface area contributed by atoms with Crippen molar-refractivity contribution in [3.63, 3.8) is 0 Å². The molecule has 0 atom stereocenters. The minimum atomic E-state index is -0.294. The SMILES string of the molecule is COc1ncccc1C(=O)N(C)OC. The number of aromatic nitrogens is 1. The van der Waals surface area contributed by atoms with Gasteiger partial charge in [-0.25, -0.2) is 10.0 Å². The first-order chi connectivity index (χ1) is 6.70. The number of methoxy groups -OCH3 is 1. The molecule has 0 saturated heterocycles. The zero-order valence-corrected chi connectivity index (χ0v) is 8.35. The van der Waals surface area contributed by atoms with Gasteiger partial charge in [-0.2, -0.15) is 0 Å². The Bertz CT molecular complexity index is 328. The summed E-state index contributed by atoms with van der Waals surface area (Å²) in [6.45, 7) is 0. The lowest BCUT2D eigenvalue weighted by atomic mass is 10.2. The third-order valence-corrected chi connectivity index (χ3v) is 1.75. The third kappa shape index (κ3) is 2.00. The predicted octanol–water partition coefficient (Wildman–Crippen LogP) is 0.724. The van der Waals surface area contributed by atoms with Crippen LogP contribution in [0, 0.1) is 0 Å². The van der Waals surface area contributed by atoms with Crippen molar-refractivity contribution < 1.29 is 14.4 Å². The number of carbonyl (C=O) groups is 1. The number of hydroxylamine groups is 2. The summed E-state index contributed by atoms with van der Waals surface area (Å²) in [6, 6.07) is 3.29. The van der Waals surface area contributed by atoms with Gasteiger partial charge in [0.25, 0.3) is 5.91 Å². The fourth-order valence-corrected chi connectivity index (χ4v) is 0.969. The smallest absolute Gasteiger partial charge is 0.282 e. The van der Waals surface area contributed by atoms with Crippen LogP contribution >= 0.6 is 0 Å². The number of amides is 1. The maximum absolute atomic E-state index is 11.6. The topological polar surface area (TPSA) is 51.7 Å². The Labute approximate surface area is 82.2 Å². The number of rotatable bonds is 3. The molecule has 0 aliphatic carbocycles. The molecule has 0 aliphatic heterocycles. The van der Waals surface area contributed by atoms with Gasteiger partial charge in [0.05, 0.1) is 14.2 Å². The molecule has 14 heavy (non-hydrogen) atoms. The zero-order chi connectivity index (χ0) is 10.6. The van der Waals surface area contributed by atoms with Gasteiger partial charge in [-0.05, 0) is 12.1 Å². The van der Waals surface area contributed by atoms with Gasteiger partial charge >= 0.3 is 0 Å². The highest BCUT2D eigenvalue weighted by Crippen LogP contribution is 2.15. The largest absolute Gasteiger partial charge is 0.480 e. The molecule has 1 aromatic heterocycles. The lowest BCUT2D eigenvalue weighted by Crippen LogP contribution is -2.25. The zero-order valence-electron chi connectivity index (χ0n) is 8.35. The molecule has 0 saturated carbocycles. The van der Waals surface area contributed by atoms with Crippen molar-refractivity contribution >= 4 is 5.91 Å². The van der Waals surface area contributed by atoms with E-state index in [4.69, 9.17) is 9.57 Å². The van der Waals surface area contributed by atoms with E-state index in [-0.39, 0.29) is 5.91 Å². The number of pyridine rings is 1. The molecule has 1 amide bonds. The summed E-state index contributed by atoms with van der Waals surface area (Å²) in [5, 5.41) is 1.11. The molecule has 0 aliphatic rings. The number of carbonyl (C=O) groups excluding carboxylic acids is 1. The van der Waals surface area contributed by atoms with Crippen LogP contribution < -0.4 is 4.74 Å². The molecule has 0 spiro atoms. The second-order valence-electron chi connectivity index (χ2n) is 2.55. The van der Waals surface area contributed by atoms with Crippen molar-refractivity contribution in [1.29, 1.82) is 0 Å². The van der Waals surface area contributed by atoms with Crippen LogP contribution in [0.25, 0.3) is 0 Å². The molecule has 0 aromatic carbocycles. The lowest BCUT2D eigenvalue weighted by molar-refractivity contribution is -0.0758. The Morgan fingerprint density at radius 2 is 2.21 bits per heavy atom. The molecule has 0 radical (unpaired) electrons. The molecule has 5 heteroatoms. The standard InChI is InChI=1S/C9H12N2O3/c1-11(14-3)9(12)7-5-4-6-10-8(7)13-2/h4-6H,1-3H3. The van der Waals surface area contributed by atoms with E-state index in [9.17, 15) is 4.79 Å². The predicted molar refractivity (Wildman–Crippen MR) is 49.9 cm³/mol. The van der Waals surface area contributed by atoms with E-state index >= 15 is 0 Å². The molecule has 0 N–H and O–H groups in total. The van der Waals surface area contributed by atoms with Gasteiger partial charge in [-0.15, -0.1) is 0 Å². The first kappa shape index (κ1) is 10.5. The van der Waals surface area contributed by atoms with Crippen LogP contribution in [0.1, 0.15) is 10.4 Å². The Balaban J connectivity index is 3.00. The fourth-order valence-electron chi connectivity index (χ4n) is 0.969. The van der Waals surface area contributed by atoms with Crippen LogP contribution in [0.3, 0.4) is 0 Å². The van der Waals surface area contributed by atoms with E-state index in [1.807, 2.05) is 0 Å². The van der Waals surface area contributed by atoms with Gasteiger partial charge in [0.1, 0.15) is 5.56 Å². The highest BCUT2D eigenvalue weighted by molar-refractivity contribution is 5.95. The molecule has 76 valence electrons. The fraction of sp³-hybridized carbons (Fsp3) is 0.333. The van der Waals surface area contributed by atoms with Gasteiger partial charge in [-0.1, -0.05) is 0 Å². The Morgan fingerprint density at radius 1 is 1.50 bits per heavy atom. The van der Waals surface area contributed by atoms with E-state index in [0.717, 1.165) is 5.06 Å². The van der Waals surface area contributed by atoms with Gasteiger partial charge in [-0.3, -0.25) is 9.63 Å². The van der Waals surface area contributed by atoms with Crippen molar-refractivity contribution in [3.8, 4) is 5.88 Å². The lowest BCUT2D eigenvalue weighted by Gasteiger charge is -2.14. The van der Waals surface area contributed by atoms with Gasteiger partial charge in [0.2, 0.25) is 5.88 Å². The van der Waals surface area contributed by atoms with Crippen LogP contribution in [0.4, 0.5) is 0 Å². The van der Waals surface area contributed by atoms with Crippen molar-refractivity contribution in [2.24, 2.45) is 0 Å². The van der Waals surface area contributed by atoms with E-state index in [0.29, 0.717) is 11.4 Å². The maximum Gasteiger partial charge on any atom is 0.282 e. The van der Waals surface area contributed by atoms with Crippen LogP contribution in [-0.4, -0.2) is 37.2 Å². The normalized spacial score (nSPS) is 9.64. The molecular weight excluding hydrogens is 184 g/mol. The first-order valence-corrected chi connectivity index (χ1v) is 4.02. The minimum Gasteiger partial charge on any atom is -0.480 e. The Hall–Kier alpha value is -1.62. The van der Waals surface area contributed by atoms with Crippen LogP contribution in [-0.2, 0) is 4.84 Å². The summed E-state index contributed by atoms with van der Waals surface area (Å²) in [6.07, 6.45) is 1.56. The summed E-state index contributed by atoms with van der Waals surface area (Å²) in [5.41, 5.74) is 0.374. The van der Waals surface area contributed by atoms with E-state index < -0.39 is 0 Å². The Kier molecular flexibility index (Phi) is 3.41. The van der Waals surface area contributed by atoms with Crippen LogP contribution in [0.2, 0.25) is 0 Å².